The van der Waals surface area contributed by atoms with Gasteiger partial charge in [0.05, 0.1) is 42.2 Å². The highest BCUT2D eigenvalue weighted by atomic mass is 35.5. The molecule has 0 atom stereocenters. The SMILES string of the molecule is CC1(Cn2cc(S(=O)(=O)Nc3cccc4c(Cl)c[nH]c34)cn2)COC1. The Hall–Kier alpha value is -2.03. The number of hydrogen-bond acceptors (Lipinski definition) is 4. The molecular formula is C16H17ClN4O3S. The van der Waals surface area contributed by atoms with E-state index in [-0.39, 0.29) is 10.3 Å². The molecule has 0 aliphatic carbocycles. The van der Waals surface area contributed by atoms with Crippen molar-refractivity contribution in [1.29, 1.82) is 0 Å². The lowest BCUT2D eigenvalue weighted by Crippen LogP contribution is -2.43. The highest BCUT2D eigenvalue weighted by Crippen LogP contribution is 2.31. The van der Waals surface area contributed by atoms with Crippen LogP contribution in [0.15, 0.2) is 41.7 Å². The maximum absolute atomic E-state index is 12.7. The first-order chi connectivity index (χ1) is 11.9. The molecule has 4 rings (SSSR count). The molecule has 3 aromatic rings. The summed E-state index contributed by atoms with van der Waals surface area (Å²) >= 11 is 6.08. The average molecular weight is 381 g/mol. The number of fused-ring (bicyclic) bond motifs is 1. The molecule has 0 saturated carbocycles. The molecule has 0 amide bonds. The van der Waals surface area contributed by atoms with Crippen molar-refractivity contribution in [2.75, 3.05) is 17.9 Å². The van der Waals surface area contributed by atoms with Gasteiger partial charge in [0, 0.05) is 23.2 Å². The van der Waals surface area contributed by atoms with Crippen LogP contribution >= 0.6 is 11.6 Å². The van der Waals surface area contributed by atoms with E-state index in [2.05, 4.69) is 21.7 Å². The Bertz CT molecular complexity index is 1040. The van der Waals surface area contributed by atoms with Gasteiger partial charge in [0.15, 0.2) is 0 Å². The lowest BCUT2D eigenvalue weighted by Gasteiger charge is -2.37. The number of hydrogen-bond donors (Lipinski definition) is 2. The second-order valence-electron chi connectivity index (χ2n) is 6.65. The average Bonchev–Trinajstić information content (AvgIpc) is 3.14. The number of halogens is 1. The number of rotatable bonds is 5. The van der Waals surface area contributed by atoms with Crippen LogP contribution in [-0.4, -0.2) is 36.4 Å². The summed E-state index contributed by atoms with van der Waals surface area (Å²) in [5.74, 6) is 0. The number of nitrogens with zero attached hydrogens (tertiary/aromatic N) is 2. The molecule has 1 aliphatic heterocycles. The number of aromatic nitrogens is 3. The molecule has 1 saturated heterocycles. The van der Waals surface area contributed by atoms with E-state index in [4.69, 9.17) is 16.3 Å². The summed E-state index contributed by atoms with van der Waals surface area (Å²) < 4.78 is 34.8. The van der Waals surface area contributed by atoms with Crippen molar-refractivity contribution in [3.63, 3.8) is 0 Å². The van der Waals surface area contributed by atoms with Crippen molar-refractivity contribution in [2.45, 2.75) is 18.4 Å². The number of benzene rings is 1. The van der Waals surface area contributed by atoms with Gasteiger partial charge in [-0.1, -0.05) is 30.7 Å². The van der Waals surface area contributed by atoms with E-state index in [0.717, 1.165) is 5.39 Å². The quantitative estimate of drug-likeness (QED) is 0.712. The topological polar surface area (TPSA) is 89.0 Å². The Labute approximate surface area is 150 Å². The molecule has 2 aromatic heterocycles. The van der Waals surface area contributed by atoms with Crippen molar-refractivity contribution >= 4 is 38.2 Å². The minimum absolute atomic E-state index is 0.00702. The van der Waals surface area contributed by atoms with Crippen LogP contribution in [0.5, 0.6) is 0 Å². The Morgan fingerprint density at radius 2 is 2.24 bits per heavy atom. The van der Waals surface area contributed by atoms with Crippen LogP contribution in [0.4, 0.5) is 5.69 Å². The zero-order valence-electron chi connectivity index (χ0n) is 13.5. The van der Waals surface area contributed by atoms with Gasteiger partial charge in [-0.2, -0.15) is 5.10 Å². The fraction of sp³-hybridized carbons (Fsp3) is 0.312. The number of H-pyrrole nitrogens is 1. The van der Waals surface area contributed by atoms with Gasteiger partial charge in [0.25, 0.3) is 10.0 Å². The fourth-order valence-electron chi connectivity index (χ4n) is 2.91. The Kier molecular flexibility index (Phi) is 3.78. The van der Waals surface area contributed by atoms with Gasteiger partial charge in [-0.15, -0.1) is 0 Å². The van der Waals surface area contributed by atoms with Crippen LogP contribution in [0.25, 0.3) is 10.9 Å². The van der Waals surface area contributed by atoms with E-state index in [9.17, 15) is 8.42 Å². The summed E-state index contributed by atoms with van der Waals surface area (Å²) in [6.45, 7) is 4.01. The fourth-order valence-corrected chi connectivity index (χ4v) is 4.15. The first-order valence-electron chi connectivity index (χ1n) is 7.75. The number of para-hydroxylation sites is 1. The van der Waals surface area contributed by atoms with Gasteiger partial charge in [0.1, 0.15) is 4.90 Å². The molecule has 1 aliphatic rings. The number of anilines is 1. The predicted octanol–water partition coefficient (Wildman–Crippen LogP) is 2.86. The van der Waals surface area contributed by atoms with E-state index in [0.29, 0.717) is 36.0 Å². The molecule has 25 heavy (non-hydrogen) atoms. The molecule has 0 spiro atoms. The predicted molar refractivity (Wildman–Crippen MR) is 95.3 cm³/mol. The van der Waals surface area contributed by atoms with Crippen molar-refractivity contribution in [2.24, 2.45) is 5.41 Å². The molecule has 7 nitrogen and oxygen atoms in total. The minimum atomic E-state index is -3.75. The second-order valence-corrected chi connectivity index (χ2v) is 8.74. The number of nitrogens with one attached hydrogen (secondary N) is 2. The van der Waals surface area contributed by atoms with Crippen LogP contribution in [-0.2, 0) is 21.3 Å². The smallest absolute Gasteiger partial charge is 0.265 e. The molecule has 0 unspecified atom stereocenters. The maximum atomic E-state index is 12.7. The third-order valence-corrected chi connectivity index (χ3v) is 5.91. The molecule has 3 heterocycles. The van der Waals surface area contributed by atoms with Crippen LogP contribution < -0.4 is 4.72 Å². The largest absolute Gasteiger partial charge is 0.380 e. The summed E-state index contributed by atoms with van der Waals surface area (Å²) in [4.78, 5) is 3.11. The summed E-state index contributed by atoms with van der Waals surface area (Å²) in [7, 11) is -3.75. The van der Waals surface area contributed by atoms with Crippen molar-refractivity contribution in [1.82, 2.24) is 14.8 Å². The lowest BCUT2D eigenvalue weighted by atomic mass is 9.89. The molecule has 2 N–H and O–H groups in total. The zero-order valence-corrected chi connectivity index (χ0v) is 15.1. The van der Waals surface area contributed by atoms with E-state index in [1.807, 2.05) is 6.07 Å². The van der Waals surface area contributed by atoms with Gasteiger partial charge in [-0.3, -0.25) is 9.40 Å². The highest BCUT2D eigenvalue weighted by Gasteiger charge is 2.34. The lowest BCUT2D eigenvalue weighted by molar-refractivity contribution is -0.111. The number of aromatic amines is 1. The molecule has 1 aromatic carbocycles. The Balaban J connectivity index is 1.60. The molecule has 9 heteroatoms. The summed E-state index contributed by atoms with van der Waals surface area (Å²) in [5.41, 5.74) is 1.09. The van der Waals surface area contributed by atoms with E-state index < -0.39 is 10.0 Å². The molecule has 0 radical (unpaired) electrons. The third-order valence-electron chi connectivity index (χ3n) is 4.27. The molecule has 132 valence electrons. The van der Waals surface area contributed by atoms with Gasteiger partial charge in [-0.05, 0) is 6.07 Å². The van der Waals surface area contributed by atoms with E-state index in [1.165, 1.54) is 12.4 Å². The molecular weight excluding hydrogens is 364 g/mol. The number of sulfonamides is 1. The van der Waals surface area contributed by atoms with Gasteiger partial charge in [-0.25, -0.2) is 8.42 Å². The Morgan fingerprint density at radius 3 is 2.96 bits per heavy atom. The second kappa shape index (κ2) is 5.76. The number of ether oxygens (including phenoxy) is 1. The minimum Gasteiger partial charge on any atom is -0.380 e. The monoisotopic (exact) mass is 380 g/mol. The van der Waals surface area contributed by atoms with Gasteiger partial charge < -0.3 is 9.72 Å². The first-order valence-corrected chi connectivity index (χ1v) is 9.61. The molecule has 1 fully saturated rings. The highest BCUT2D eigenvalue weighted by molar-refractivity contribution is 7.92. The van der Waals surface area contributed by atoms with Gasteiger partial charge >= 0.3 is 0 Å². The summed E-state index contributed by atoms with van der Waals surface area (Å²) in [5, 5.41) is 5.47. The third kappa shape index (κ3) is 3.01. The first kappa shape index (κ1) is 16.4. The van der Waals surface area contributed by atoms with Crippen LogP contribution in [0, 0.1) is 5.41 Å². The van der Waals surface area contributed by atoms with Crippen LogP contribution in [0.3, 0.4) is 0 Å². The van der Waals surface area contributed by atoms with Crippen molar-refractivity contribution < 1.29 is 13.2 Å². The van der Waals surface area contributed by atoms with Crippen LogP contribution in [0.1, 0.15) is 6.92 Å². The summed E-state index contributed by atoms with van der Waals surface area (Å²) in [6.07, 6.45) is 4.52. The normalized spacial score (nSPS) is 16.7. The Morgan fingerprint density at radius 1 is 1.44 bits per heavy atom. The van der Waals surface area contributed by atoms with Crippen molar-refractivity contribution in [3.8, 4) is 0 Å². The molecule has 0 bridgehead atoms. The zero-order chi connectivity index (χ0) is 17.7. The van der Waals surface area contributed by atoms with Crippen LogP contribution in [0.2, 0.25) is 5.02 Å². The maximum Gasteiger partial charge on any atom is 0.265 e. The van der Waals surface area contributed by atoms with Gasteiger partial charge in [0.2, 0.25) is 0 Å². The van der Waals surface area contributed by atoms with E-state index >= 15 is 0 Å². The van der Waals surface area contributed by atoms with E-state index in [1.54, 1.807) is 23.0 Å². The van der Waals surface area contributed by atoms with Crippen molar-refractivity contribution in [3.05, 3.63) is 41.8 Å². The standard InChI is InChI=1S/C16H17ClN4O3S/c1-16(9-24-10-16)8-21-7-11(5-19-21)25(22,23)20-14-4-2-3-12-13(17)6-18-15(12)14/h2-7,18,20H,8-10H2,1H3. The summed E-state index contributed by atoms with van der Waals surface area (Å²) in [6, 6.07) is 5.26.